The Morgan fingerprint density at radius 3 is 2.18 bits per heavy atom. The Hall–Kier alpha value is -5.31. The molecule has 21 heteroatoms. The van der Waals surface area contributed by atoms with Crippen LogP contribution in [0.4, 0.5) is 0 Å². The third-order valence-corrected chi connectivity index (χ3v) is 9.38. The van der Waals surface area contributed by atoms with Gasteiger partial charge in [-0.25, -0.2) is 4.79 Å². The molecule has 320 valence electrons. The Bertz CT molecular complexity index is 1490. The van der Waals surface area contributed by atoms with Gasteiger partial charge in [-0.15, -0.1) is 0 Å². The van der Waals surface area contributed by atoms with Gasteiger partial charge in [0.2, 0.25) is 41.4 Å². The molecule has 2 aliphatic rings. The van der Waals surface area contributed by atoms with Crippen molar-refractivity contribution in [1.82, 2.24) is 36.8 Å². The predicted octanol–water partition coefficient (Wildman–Crippen LogP) is -3.44. The van der Waals surface area contributed by atoms with Gasteiger partial charge < -0.3 is 64.2 Å². The number of amides is 7. The second-order valence-corrected chi connectivity index (χ2v) is 14.6. The van der Waals surface area contributed by atoms with E-state index in [1.54, 1.807) is 13.8 Å². The topological polar surface area (TPSA) is 343 Å². The maximum absolute atomic E-state index is 13.5. The SMILES string of the molecule is CCCC[C@H](NC(=O)[C@@H]1CCCN1C(=O)CNC(=O)[C@@H]1C/C=C\C[C@H](N)C(=O)N[C@@H](CCCN=C(N)N)C(=O)N[C@@H](CC(C)C)C(=O)N[C@@H](CO)C(=O)N1)C(=O)O. The van der Waals surface area contributed by atoms with Crippen LogP contribution in [0.3, 0.4) is 0 Å². The molecule has 0 aromatic rings. The quantitative estimate of drug-likeness (QED) is 0.0313. The summed E-state index contributed by atoms with van der Waals surface area (Å²) in [6.07, 6.45) is 5.57. The molecule has 0 spiro atoms. The lowest BCUT2D eigenvalue weighted by Gasteiger charge is -2.27. The molecule has 7 atom stereocenters. The van der Waals surface area contributed by atoms with E-state index >= 15 is 0 Å². The number of aliphatic hydroxyl groups is 1. The number of unbranched alkanes of at least 4 members (excludes halogenated alkanes) is 1. The van der Waals surface area contributed by atoms with Crippen molar-refractivity contribution in [2.45, 2.75) is 127 Å². The average Bonchev–Trinajstić information content (AvgIpc) is 3.65. The summed E-state index contributed by atoms with van der Waals surface area (Å²) in [6, 6.07) is -8.42. The van der Waals surface area contributed by atoms with Crippen LogP contribution in [0.2, 0.25) is 0 Å². The Morgan fingerprint density at radius 1 is 0.912 bits per heavy atom. The number of aliphatic imine (C=N–C) groups is 1. The van der Waals surface area contributed by atoms with Crippen molar-refractivity contribution in [3.8, 4) is 0 Å². The fourth-order valence-electron chi connectivity index (χ4n) is 6.24. The van der Waals surface area contributed by atoms with Gasteiger partial charge in [0, 0.05) is 13.1 Å². The van der Waals surface area contributed by atoms with Crippen LogP contribution < -0.4 is 49.1 Å². The molecular formula is C36H61N11O10. The van der Waals surface area contributed by atoms with Gasteiger partial charge in [0.15, 0.2) is 5.96 Å². The fourth-order valence-corrected chi connectivity index (χ4v) is 6.24. The number of nitrogens with one attached hydrogen (secondary N) is 6. The van der Waals surface area contributed by atoms with Crippen LogP contribution in [0.5, 0.6) is 0 Å². The van der Waals surface area contributed by atoms with Gasteiger partial charge in [-0.3, -0.25) is 38.6 Å². The number of guanidine groups is 1. The third-order valence-electron chi connectivity index (χ3n) is 9.38. The van der Waals surface area contributed by atoms with Crippen LogP contribution in [0, 0.1) is 5.92 Å². The van der Waals surface area contributed by atoms with E-state index in [0.717, 1.165) is 6.42 Å². The van der Waals surface area contributed by atoms with E-state index in [-0.39, 0.29) is 63.5 Å². The highest BCUT2D eigenvalue weighted by Crippen LogP contribution is 2.18. The van der Waals surface area contributed by atoms with Crippen LogP contribution in [0.1, 0.15) is 85.0 Å². The van der Waals surface area contributed by atoms with Crippen LogP contribution in [0.15, 0.2) is 17.1 Å². The number of aliphatic carboxylic acids is 1. The number of hydrogen-bond acceptors (Lipinski definition) is 11. The molecule has 0 saturated carbocycles. The molecule has 0 aromatic carbocycles. The van der Waals surface area contributed by atoms with E-state index in [9.17, 15) is 48.6 Å². The zero-order valence-corrected chi connectivity index (χ0v) is 33.0. The summed E-state index contributed by atoms with van der Waals surface area (Å²) >= 11 is 0. The normalized spacial score (nSPS) is 24.8. The molecule has 0 bridgehead atoms. The summed E-state index contributed by atoms with van der Waals surface area (Å²) in [5.41, 5.74) is 16.9. The van der Waals surface area contributed by atoms with Gasteiger partial charge in [-0.1, -0.05) is 45.8 Å². The minimum atomic E-state index is -1.56. The molecule has 57 heavy (non-hydrogen) atoms. The van der Waals surface area contributed by atoms with E-state index in [4.69, 9.17) is 17.2 Å². The summed E-state index contributed by atoms with van der Waals surface area (Å²) < 4.78 is 0. The fraction of sp³-hybridized carbons (Fsp3) is 0.694. The lowest BCUT2D eigenvalue weighted by Crippen LogP contribution is -2.59. The van der Waals surface area contributed by atoms with Gasteiger partial charge in [-0.05, 0) is 57.3 Å². The summed E-state index contributed by atoms with van der Waals surface area (Å²) in [6.45, 7) is 4.41. The number of carbonyl (C=O) groups is 8. The van der Waals surface area contributed by atoms with Gasteiger partial charge in [0.05, 0.1) is 19.2 Å². The maximum atomic E-state index is 13.5. The van der Waals surface area contributed by atoms with E-state index < -0.39 is 103 Å². The largest absolute Gasteiger partial charge is 0.480 e. The molecule has 21 nitrogen and oxygen atoms in total. The van der Waals surface area contributed by atoms with Crippen LogP contribution in [0.25, 0.3) is 0 Å². The summed E-state index contributed by atoms with van der Waals surface area (Å²) in [5, 5.41) is 34.8. The van der Waals surface area contributed by atoms with Crippen molar-refractivity contribution in [2.24, 2.45) is 28.1 Å². The van der Waals surface area contributed by atoms with Crippen molar-refractivity contribution in [2.75, 3.05) is 26.2 Å². The predicted molar refractivity (Wildman–Crippen MR) is 207 cm³/mol. The van der Waals surface area contributed by atoms with Crippen molar-refractivity contribution < 1.29 is 48.6 Å². The Balaban J connectivity index is 2.28. The second kappa shape index (κ2) is 24.4. The van der Waals surface area contributed by atoms with Crippen molar-refractivity contribution in [3.05, 3.63) is 12.2 Å². The lowest BCUT2D eigenvalue weighted by molar-refractivity contribution is -0.144. The number of carbonyl (C=O) groups excluding carboxylic acids is 7. The number of aliphatic hydroxyl groups excluding tert-OH is 1. The highest BCUT2D eigenvalue weighted by Gasteiger charge is 2.37. The Labute approximate surface area is 332 Å². The monoisotopic (exact) mass is 807 g/mol. The molecule has 0 unspecified atom stereocenters. The van der Waals surface area contributed by atoms with Gasteiger partial charge >= 0.3 is 5.97 Å². The molecule has 2 aliphatic heterocycles. The first-order valence-electron chi connectivity index (χ1n) is 19.4. The van der Waals surface area contributed by atoms with Crippen LogP contribution in [-0.2, 0) is 38.4 Å². The van der Waals surface area contributed by atoms with Crippen molar-refractivity contribution >= 4 is 53.3 Å². The summed E-state index contributed by atoms with van der Waals surface area (Å²) in [4.78, 5) is 110. The number of carboxylic acid groups (broad SMARTS) is 1. The molecule has 0 aromatic heterocycles. The van der Waals surface area contributed by atoms with E-state index in [1.807, 2.05) is 6.92 Å². The molecule has 14 N–H and O–H groups in total. The first-order valence-corrected chi connectivity index (χ1v) is 19.4. The molecule has 0 radical (unpaired) electrons. The Kier molecular flexibility index (Phi) is 20.4. The average molecular weight is 808 g/mol. The number of rotatable bonds is 16. The highest BCUT2D eigenvalue weighted by molar-refractivity contribution is 5.97. The standard InChI is InChI=1S/C36H61N11O10/c1-4-5-11-24(35(56)57)44-34(55)27-14-9-16-47(27)28(49)18-41-30(51)22-12-7-6-10-21(37)29(50)42-23(13-8-15-40-36(38)39)31(52)45-25(17-20(2)3)32(53)46-26(19-48)33(54)43-22/h6-7,20-27,48H,4-5,8-19,37H2,1-3H3,(H,41,51)(H,42,50)(H,43,54)(H,44,55)(H,45,52)(H,46,53)(H,56,57)(H4,38,39,40)/b7-6-/t21-,22-,23-,24-,25-,26-,27-/m0/s1. The first kappa shape index (κ1) is 47.8. The molecular weight excluding hydrogens is 746 g/mol. The molecule has 2 heterocycles. The van der Waals surface area contributed by atoms with Crippen LogP contribution in [-0.4, -0.2) is 137 Å². The second-order valence-electron chi connectivity index (χ2n) is 14.6. The highest BCUT2D eigenvalue weighted by atomic mass is 16.4. The maximum Gasteiger partial charge on any atom is 0.326 e. The van der Waals surface area contributed by atoms with E-state index in [0.29, 0.717) is 19.3 Å². The van der Waals surface area contributed by atoms with Gasteiger partial charge in [0.25, 0.3) is 0 Å². The first-order chi connectivity index (χ1) is 27.0. The molecule has 2 rings (SSSR count). The molecule has 7 amide bonds. The molecule has 1 saturated heterocycles. The number of nitrogens with two attached hydrogens (primary N) is 3. The van der Waals surface area contributed by atoms with E-state index in [1.165, 1.54) is 17.1 Å². The number of hydrogen-bond donors (Lipinski definition) is 11. The van der Waals surface area contributed by atoms with Gasteiger partial charge in [0.1, 0.15) is 36.3 Å². The summed E-state index contributed by atoms with van der Waals surface area (Å²) in [7, 11) is 0. The molecule has 0 aliphatic carbocycles. The minimum Gasteiger partial charge on any atom is -0.480 e. The van der Waals surface area contributed by atoms with Crippen molar-refractivity contribution in [1.29, 1.82) is 0 Å². The zero-order valence-electron chi connectivity index (χ0n) is 33.0. The Morgan fingerprint density at radius 2 is 1.54 bits per heavy atom. The van der Waals surface area contributed by atoms with Crippen LogP contribution >= 0.6 is 0 Å². The molecule has 1 fully saturated rings. The number of carboxylic acids is 1. The zero-order chi connectivity index (χ0) is 42.7. The third kappa shape index (κ3) is 16.4. The minimum absolute atomic E-state index is 0.0379. The number of likely N-dealkylation sites (tertiary alicyclic amines) is 1. The van der Waals surface area contributed by atoms with Crippen molar-refractivity contribution in [3.63, 3.8) is 0 Å². The lowest BCUT2D eigenvalue weighted by atomic mass is 10.0. The van der Waals surface area contributed by atoms with Gasteiger partial charge in [-0.2, -0.15) is 0 Å². The smallest absolute Gasteiger partial charge is 0.326 e. The summed E-state index contributed by atoms with van der Waals surface area (Å²) in [5.74, 6) is -6.63. The number of nitrogens with zero attached hydrogens (tertiary/aromatic N) is 2. The van der Waals surface area contributed by atoms with E-state index in [2.05, 4.69) is 36.9 Å².